The Kier molecular flexibility index (Phi) is 4.96. The summed E-state index contributed by atoms with van der Waals surface area (Å²) in [5, 5.41) is 0. The number of ether oxygens (including phenoxy) is 1. The molecule has 4 nitrogen and oxygen atoms in total. The highest BCUT2D eigenvalue weighted by Crippen LogP contribution is 2.19. The maximum atomic E-state index is 5.87. The number of hydrogen-bond donors (Lipinski definition) is 1. The number of benzene rings is 1. The predicted molar refractivity (Wildman–Crippen MR) is 81.7 cm³/mol. The third-order valence-electron chi connectivity index (χ3n) is 3.15. The lowest BCUT2D eigenvalue weighted by atomic mass is 10.1. The van der Waals surface area contributed by atoms with Gasteiger partial charge >= 0.3 is 0 Å². The molecule has 1 heterocycles. The Morgan fingerprint density at radius 1 is 1.25 bits per heavy atom. The average Bonchev–Trinajstić information content (AvgIpc) is 2.45. The highest BCUT2D eigenvalue weighted by Gasteiger charge is 2.04. The van der Waals surface area contributed by atoms with E-state index in [4.69, 9.17) is 10.5 Å². The first-order chi connectivity index (χ1) is 9.67. The summed E-state index contributed by atoms with van der Waals surface area (Å²) in [7, 11) is 3.75. The summed E-state index contributed by atoms with van der Waals surface area (Å²) >= 11 is 0. The average molecular weight is 271 g/mol. The van der Waals surface area contributed by atoms with Crippen molar-refractivity contribution in [3.63, 3.8) is 0 Å². The Balaban J connectivity index is 1.91. The van der Waals surface area contributed by atoms with Crippen molar-refractivity contribution in [3.8, 4) is 5.75 Å². The summed E-state index contributed by atoms with van der Waals surface area (Å²) < 4.78 is 5.24. The van der Waals surface area contributed by atoms with Gasteiger partial charge in [-0.2, -0.15) is 0 Å². The Labute approximate surface area is 120 Å². The topological polar surface area (TPSA) is 51.4 Å². The number of rotatable bonds is 6. The van der Waals surface area contributed by atoms with E-state index in [0.29, 0.717) is 0 Å². The van der Waals surface area contributed by atoms with Crippen molar-refractivity contribution in [1.29, 1.82) is 0 Å². The SMILES string of the molecule is COc1cc(N)cc(CN(C)CCc2ccccn2)c1. The molecule has 0 saturated carbocycles. The van der Waals surface area contributed by atoms with E-state index in [1.54, 1.807) is 7.11 Å². The van der Waals surface area contributed by atoms with Crippen LogP contribution in [0.4, 0.5) is 5.69 Å². The van der Waals surface area contributed by atoms with Crippen LogP contribution in [0, 0.1) is 0 Å². The zero-order valence-corrected chi connectivity index (χ0v) is 12.0. The molecule has 0 amide bonds. The molecular formula is C16H21N3O. The molecule has 2 aromatic rings. The third-order valence-corrected chi connectivity index (χ3v) is 3.15. The van der Waals surface area contributed by atoms with Gasteiger partial charge in [-0.25, -0.2) is 0 Å². The number of anilines is 1. The second-order valence-corrected chi connectivity index (χ2v) is 4.92. The first-order valence-corrected chi connectivity index (χ1v) is 6.69. The second kappa shape index (κ2) is 6.91. The third kappa shape index (κ3) is 4.24. The van der Waals surface area contributed by atoms with Gasteiger partial charge in [0.05, 0.1) is 7.11 Å². The van der Waals surface area contributed by atoms with Crippen LogP contribution in [-0.2, 0) is 13.0 Å². The van der Waals surface area contributed by atoms with Crippen LogP contribution in [0.3, 0.4) is 0 Å². The Bertz CT molecular complexity index is 543. The minimum Gasteiger partial charge on any atom is -0.497 e. The summed E-state index contributed by atoms with van der Waals surface area (Å²) in [5.74, 6) is 0.804. The van der Waals surface area contributed by atoms with Gasteiger partial charge in [0.25, 0.3) is 0 Å². The molecule has 1 aromatic carbocycles. The predicted octanol–water partition coefficient (Wildman–Crippen LogP) is 2.35. The molecule has 0 spiro atoms. The standard InChI is InChI=1S/C16H21N3O/c1-19(8-6-15-5-3-4-7-18-15)12-13-9-14(17)11-16(10-13)20-2/h3-5,7,9-11H,6,8,12,17H2,1-2H3. The zero-order valence-electron chi connectivity index (χ0n) is 12.0. The van der Waals surface area contributed by atoms with Crippen LogP contribution in [-0.4, -0.2) is 30.6 Å². The van der Waals surface area contributed by atoms with E-state index in [1.165, 1.54) is 0 Å². The lowest BCUT2D eigenvalue weighted by molar-refractivity contribution is 0.329. The van der Waals surface area contributed by atoms with Crippen LogP contribution in [0.2, 0.25) is 0 Å². The first kappa shape index (κ1) is 14.3. The number of aromatic nitrogens is 1. The Morgan fingerprint density at radius 2 is 2.10 bits per heavy atom. The molecule has 0 saturated heterocycles. The molecule has 0 radical (unpaired) electrons. The van der Waals surface area contributed by atoms with E-state index in [9.17, 15) is 0 Å². The van der Waals surface area contributed by atoms with Crippen molar-refractivity contribution in [2.75, 3.05) is 26.4 Å². The summed E-state index contributed by atoms with van der Waals surface area (Å²) in [6.07, 6.45) is 2.77. The lowest BCUT2D eigenvalue weighted by Gasteiger charge is -2.17. The van der Waals surface area contributed by atoms with Crippen molar-refractivity contribution in [2.45, 2.75) is 13.0 Å². The van der Waals surface area contributed by atoms with E-state index in [0.717, 1.165) is 42.2 Å². The molecule has 0 aliphatic rings. The van der Waals surface area contributed by atoms with E-state index in [-0.39, 0.29) is 0 Å². The fourth-order valence-electron chi connectivity index (χ4n) is 2.14. The molecule has 0 fully saturated rings. The van der Waals surface area contributed by atoms with Crippen LogP contribution in [0.15, 0.2) is 42.6 Å². The minimum atomic E-state index is 0.734. The number of likely N-dealkylation sites (N-methyl/N-ethyl adjacent to an activating group) is 1. The van der Waals surface area contributed by atoms with Crippen LogP contribution < -0.4 is 10.5 Å². The van der Waals surface area contributed by atoms with Gasteiger partial charge in [-0.15, -0.1) is 0 Å². The van der Waals surface area contributed by atoms with E-state index < -0.39 is 0 Å². The van der Waals surface area contributed by atoms with Crippen LogP contribution in [0.1, 0.15) is 11.3 Å². The fourth-order valence-corrected chi connectivity index (χ4v) is 2.14. The molecule has 4 heteroatoms. The normalized spacial score (nSPS) is 10.8. The molecule has 1 aromatic heterocycles. The van der Waals surface area contributed by atoms with Gasteiger partial charge in [0.15, 0.2) is 0 Å². The summed E-state index contributed by atoms with van der Waals surface area (Å²) in [6, 6.07) is 11.8. The van der Waals surface area contributed by atoms with Crippen molar-refractivity contribution in [3.05, 3.63) is 53.9 Å². The zero-order chi connectivity index (χ0) is 14.4. The Hall–Kier alpha value is -2.07. The van der Waals surface area contributed by atoms with Gasteiger partial charge in [0, 0.05) is 43.2 Å². The maximum absolute atomic E-state index is 5.87. The van der Waals surface area contributed by atoms with Gasteiger partial charge in [-0.05, 0) is 36.9 Å². The van der Waals surface area contributed by atoms with Crippen molar-refractivity contribution < 1.29 is 4.74 Å². The largest absolute Gasteiger partial charge is 0.497 e. The number of nitrogens with two attached hydrogens (primary N) is 1. The number of nitrogen functional groups attached to an aromatic ring is 1. The molecular weight excluding hydrogens is 250 g/mol. The summed E-state index contributed by atoms with van der Waals surface area (Å²) in [6.45, 7) is 1.79. The van der Waals surface area contributed by atoms with Crippen molar-refractivity contribution in [2.24, 2.45) is 0 Å². The maximum Gasteiger partial charge on any atom is 0.121 e. The van der Waals surface area contributed by atoms with Gasteiger partial charge in [-0.3, -0.25) is 4.98 Å². The summed E-state index contributed by atoms with van der Waals surface area (Å²) in [4.78, 5) is 6.59. The molecule has 2 rings (SSSR count). The van der Waals surface area contributed by atoms with E-state index in [1.807, 2.05) is 36.5 Å². The Morgan fingerprint density at radius 3 is 2.80 bits per heavy atom. The van der Waals surface area contributed by atoms with Crippen molar-refractivity contribution in [1.82, 2.24) is 9.88 Å². The molecule has 0 atom stereocenters. The quantitative estimate of drug-likeness (QED) is 0.819. The van der Waals surface area contributed by atoms with E-state index in [2.05, 4.69) is 23.0 Å². The van der Waals surface area contributed by atoms with E-state index >= 15 is 0 Å². The van der Waals surface area contributed by atoms with Gasteiger partial charge in [-0.1, -0.05) is 6.07 Å². The number of pyridine rings is 1. The monoisotopic (exact) mass is 271 g/mol. The number of methoxy groups -OCH3 is 1. The van der Waals surface area contributed by atoms with Crippen LogP contribution >= 0.6 is 0 Å². The minimum absolute atomic E-state index is 0.734. The first-order valence-electron chi connectivity index (χ1n) is 6.69. The van der Waals surface area contributed by atoms with Crippen molar-refractivity contribution >= 4 is 5.69 Å². The smallest absolute Gasteiger partial charge is 0.121 e. The van der Waals surface area contributed by atoms with Gasteiger partial charge < -0.3 is 15.4 Å². The fraction of sp³-hybridized carbons (Fsp3) is 0.312. The molecule has 0 bridgehead atoms. The highest BCUT2D eigenvalue weighted by atomic mass is 16.5. The molecule has 106 valence electrons. The van der Waals surface area contributed by atoms with Gasteiger partial charge in [0.2, 0.25) is 0 Å². The van der Waals surface area contributed by atoms with Crippen LogP contribution in [0.5, 0.6) is 5.75 Å². The number of nitrogens with zero attached hydrogens (tertiary/aromatic N) is 2. The van der Waals surface area contributed by atoms with Crippen LogP contribution in [0.25, 0.3) is 0 Å². The molecule has 20 heavy (non-hydrogen) atoms. The highest BCUT2D eigenvalue weighted by molar-refractivity contribution is 5.47. The lowest BCUT2D eigenvalue weighted by Crippen LogP contribution is -2.21. The summed E-state index contributed by atoms with van der Waals surface area (Å²) in [5.41, 5.74) is 8.87. The molecule has 0 aliphatic heterocycles. The molecule has 2 N–H and O–H groups in total. The van der Waals surface area contributed by atoms with Gasteiger partial charge in [0.1, 0.15) is 5.75 Å². The molecule has 0 unspecified atom stereocenters. The molecule has 0 aliphatic carbocycles. The second-order valence-electron chi connectivity index (χ2n) is 4.92. The number of hydrogen-bond acceptors (Lipinski definition) is 4.